The van der Waals surface area contributed by atoms with Gasteiger partial charge >= 0.3 is 0 Å². The summed E-state index contributed by atoms with van der Waals surface area (Å²) in [5.74, 6) is 0.859. The first-order valence-electron chi connectivity index (χ1n) is 14.2. The summed E-state index contributed by atoms with van der Waals surface area (Å²) >= 11 is 7.00. The lowest BCUT2D eigenvalue weighted by molar-refractivity contribution is -0.122. The first kappa shape index (κ1) is 29.1. The number of para-hydroxylation sites is 1. The maximum Gasteiger partial charge on any atom is 0.266 e. The predicted octanol–water partition coefficient (Wildman–Crippen LogP) is 8.59. The summed E-state index contributed by atoms with van der Waals surface area (Å²) in [7, 11) is 0. The minimum atomic E-state index is -0.00615. The van der Waals surface area contributed by atoms with Crippen molar-refractivity contribution in [3.05, 3.63) is 70.8 Å². The lowest BCUT2D eigenvalue weighted by Gasteiger charge is -2.14. The average Bonchev–Trinajstić information content (AvgIpc) is 3.47. The monoisotopic (exact) mass is 561 g/mol. The van der Waals surface area contributed by atoms with Crippen molar-refractivity contribution in [1.29, 1.82) is 0 Å². The van der Waals surface area contributed by atoms with Gasteiger partial charge in [-0.15, -0.1) is 0 Å². The maximum atomic E-state index is 13.4. The van der Waals surface area contributed by atoms with Crippen molar-refractivity contribution in [3.63, 3.8) is 0 Å². The van der Waals surface area contributed by atoms with Crippen molar-refractivity contribution in [2.45, 2.75) is 72.1 Å². The fourth-order valence-electron chi connectivity index (χ4n) is 4.63. The first-order chi connectivity index (χ1) is 19.0. The summed E-state index contributed by atoms with van der Waals surface area (Å²) in [6.07, 6.45) is 13.2. The molecule has 0 unspecified atom stereocenters. The molecule has 0 atom stereocenters. The highest BCUT2D eigenvalue weighted by atomic mass is 32.2. The molecule has 0 N–H and O–H groups in total. The van der Waals surface area contributed by atoms with Crippen LogP contribution in [0.15, 0.2) is 59.6 Å². The van der Waals surface area contributed by atoms with Crippen LogP contribution in [0.5, 0.6) is 5.75 Å². The van der Waals surface area contributed by atoms with Crippen LogP contribution in [0, 0.1) is 6.92 Å². The third-order valence-electron chi connectivity index (χ3n) is 6.88. The second-order valence-electron chi connectivity index (χ2n) is 9.99. The van der Waals surface area contributed by atoms with Gasteiger partial charge in [-0.3, -0.25) is 9.69 Å². The number of benzene rings is 2. The van der Waals surface area contributed by atoms with Crippen LogP contribution in [-0.4, -0.2) is 38.1 Å². The molecule has 1 aliphatic heterocycles. The number of carbonyl (C=O) groups excluding carboxylic acids is 1. The number of hydrogen-bond donors (Lipinski definition) is 0. The fraction of sp³-hybridized carbons (Fsp3) is 0.406. The molecule has 0 saturated carbocycles. The molecule has 1 saturated heterocycles. The SMILES string of the molecule is CCCCCCCCN1C(=O)C(=Cc2cn(-c3ccccc3)nc2-c2ccc(OCCCC)cc2C)SC1=S. The predicted molar refractivity (Wildman–Crippen MR) is 167 cm³/mol. The molecular formula is C32H39N3O2S2. The topological polar surface area (TPSA) is 47.4 Å². The molecule has 2 aromatic carbocycles. The normalized spacial score (nSPS) is 14.5. The molecule has 1 aromatic heterocycles. The Hall–Kier alpha value is -2.90. The van der Waals surface area contributed by atoms with Crippen molar-refractivity contribution < 1.29 is 9.53 Å². The Labute approximate surface area is 242 Å². The number of carbonyl (C=O) groups is 1. The highest BCUT2D eigenvalue weighted by Crippen LogP contribution is 2.36. The van der Waals surface area contributed by atoms with Gasteiger partial charge in [-0.2, -0.15) is 5.10 Å². The standard InChI is InChI=1S/C32H39N3O2S2/c1-4-6-8-9-10-14-19-34-31(36)29(39-32(34)38)22-25-23-35(26-15-12-11-13-16-26)33-30(25)28-18-17-27(21-24(28)3)37-20-7-5-2/h11-13,15-18,21-23H,4-10,14,19-20H2,1-3H3. The Balaban J connectivity index is 1.60. The quantitative estimate of drug-likeness (QED) is 0.112. The zero-order valence-corrected chi connectivity index (χ0v) is 25.0. The number of amides is 1. The van der Waals surface area contributed by atoms with Crippen LogP contribution in [-0.2, 0) is 4.79 Å². The van der Waals surface area contributed by atoms with E-state index in [1.165, 1.54) is 37.4 Å². The number of nitrogens with zero attached hydrogens (tertiary/aromatic N) is 3. The third kappa shape index (κ3) is 7.61. The second kappa shape index (κ2) is 14.5. The molecule has 3 aromatic rings. The number of hydrogen-bond acceptors (Lipinski definition) is 5. The van der Waals surface area contributed by atoms with Gasteiger partial charge in [0.05, 0.1) is 17.2 Å². The summed E-state index contributed by atoms with van der Waals surface area (Å²) in [5, 5.41) is 4.97. The Kier molecular flexibility index (Phi) is 10.8. The van der Waals surface area contributed by atoms with Gasteiger partial charge < -0.3 is 4.74 Å². The Morgan fingerprint density at radius 1 is 0.974 bits per heavy atom. The van der Waals surface area contributed by atoms with Gasteiger partial charge in [0.15, 0.2) is 0 Å². The molecule has 5 nitrogen and oxygen atoms in total. The lowest BCUT2D eigenvalue weighted by Crippen LogP contribution is -2.29. The number of thioether (sulfide) groups is 1. The van der Waals surface area contributed by atoms with E-state index < -0.39 is 0 Å². The van der Waals surface area contributed by atoms with Gasteiger partial charge in [0, 0.05) is 23.9 Å². The largest absolute Gasteiger partial charge is 0.494 e. The molecule has 1 amide bonds. The highest BCUT2D eigenvalue weighted by molar-refractivity contribution is 8.26. The van der Waals surface area contributed by atoms with E-state index in [0.717, 1.165) is 59.5 Å². The Bertz CT molecular complexity index is 1300. The van der Waals surface area contributed by atoms with Crippen molar-refractivity contribution in [2.75, 3.05) is 13.2 Å². The van der Waals surface area contributed by atoms with Crippen LogP contribution in [0.1, 0.15) is 76.3 Å². The van der Waals surface area contributed by atoms with Crippen LogP contribution < -0.4 is 4.74 Å². The van der Waals surface area contributed by atoms with E-state index in [9.17, 15) is 4.79 Å². The number of aryl methyl sites for hydroxylation is 1. The molecule has 2 heterocycles. The zero-order valence-electron chi connectivity index (χ0n) is 23.3. The first-order valence-corrected chi connectivity index (χ1v) is 15.4. The Morgan fingerprint density at radius 3 is 2.46 bits per heavy atom. The van der Waals surface area contributed by atoms with Gasteiger partial charge in [-0.1, -0.05) is 94.6 Å². The van der Waals surface area contributed by atoms with E-state index in [-0.39, 0.29) is 5.91 Å². The van der Waals surface area contributed by atoms with Crippen LogP contribution in [0.3, 0.4) is 0 Å². The smallest absolute Gasteiger partial charge is 0.266 e. The second-order valence-corrected chi connectivity index (χ2v) is 11.7. The van der Waals surface area contributed by atoms with E-state index >= 15 is 0 Å². The van der Waals surface area contributed by atoms with Gasteiger partial charge in [0.1, 0.15) is 15.8 Å². The number of thiocarbonyl (C=S) groups is 1. The van der Waals surface area contributed by atoms with Crippen LogP contribution in [0.25, 0.3) is 23.0 Å². The summed E-state index contributed by atoms with van der Waals surface area (Å²) in [4.78, 5) is 15.8. The van der Waals surface area contributed by atoms with Crippen molar-refractivity contribution in [2.24, 2.45) is 0 Å². The molecule has 0 aliphatic carbocycles. The lowest BCUT2D eigenvalue weighted by atomic mass is 10.0. The van der Waals surface area contributed by atoms with Crippen molar-refractivity contribution in [1.82, 2.24) is 14.7 Å². The van der Waals surface area contributed by atoms with E-state index in [0.29, 0.717) is 22.4 Å². The summed E-state index contributed by atoms with van der Waals surface area (Å²) < 4.78 is 8.44. The van der Waals surface area contributed by atoms with Crippen LogP contribution in [0.4, 0.5) is 0 Å². The maximum absolute atomic E-state index is 13.4. The number of unbranched alkanes of at least 4 members (excludes halogenated alkanes) is 6. The molecule has 1 fully saturated rings. The van der Waals surface area contributed by atoms with Gasteiger partial charge in [0.25, 0.3) is 5.91 Å². The minimum absolute atomic E-state index is 0.00615. The van der Waals surface area contributed by atoms with Crippen molar-refractivity contribution >= 4 is 40.3 Å². The summed E-state index contributed by atoms with van der Waals surface area (Å²) in [6, 6.07) is 16.2. The number of rotatable bonds is 14. The van der Waals surface area contributed by atoms with E-state index in [4.69, 9.17) is 22.1 Å². The van der Waals surface area contributed by atoms with Crippen molar-refractivity contribution in [3.8, 4) is 22.7 Å². The average molecular weight is 562 g/mol. The molecule has 0 spiro atoms. The molecule has 7 heteroatoms. The molecular weight excluding hydrogens is 523 g/mol. The zero-order chi connectivity index (χ0) is 27.6. The van der Waals surface area contributed by atoms with Gasteiger partial charge in [-0.05, 0) is 61.7 Å². The summed E-state index contributed by atoms with van der Waals surface area (Å²) in [6.45, 7) is 7.85. The Morgan fingerprint density at radius 2 is 1.72 bits per heavy atom. The van der Waals surface area contributed by atoms with Gasteiger partial charge in [-0.25, -0.2) is 4.68 Å². The summed E-state index contributed by atoms with van der Waals surface area (Å²) in [5.41, 5.74) is 4.78. The number of ether oxygens (including phenoxy) is 1. The van der Waals surface area contributed by atoms with Gasteiger partial charge in [0.2, 0.25) is 0 Å². The minimum Gasteiger partial charge on any atom is -0.494 e. The molecule has 39 heavy (non-hydrogen) atoms. The van der Waals surface area contributed by atoms with E-state index in [1.54, 1.807) is 4.90 Å². The highest BCUT2D eigenvalue weighted by Gasteiger charge is 2.32. The molecule has 4 rings (SSSR count). The molecule has 206 valence electrons. The van der Waals surface area contributed by atoms with Crippen LogP contribution >= 0.6 is 24.0 Å². The fourth-order valence-corrected chi connectivity index (χ4v) is 5.92. The molecule has 0 bridgehead atoms. The third-order valence-corrected chi connectivity index (χ3v) is 8.26. The molecule has 1 aliphatic rings. The van der Waals surface area contributed by atoms with E-state index in [2.05, 4.69) is 32.9 Å². The molecule has 0 radical (unpaired) electrons. The van der Waals surface area contributed by atoms with Crippen LogP contribution in [0.2, 0.25) is 0 Å². The number of aromatic nitrogens is 2. The van der Waals surface area contributed by atoms with E-state index in [1.807, 2.05) is 53.4 Å².